The Kier molecular flexibility index (Phi) is 5.25. The van der Waals surface area contributed by atoms with Gasteiger partial charge in [-0.3, -0.25) is 14.3 Å². The van der Waals surface area contributed by atoms with Crippen molar-refractivity contribution in [3.63, 3.8) is 0 Å². The predicted octanol–water partition coefficient (Wildman–Crippen LogP) is 1.90. The molecule has 1 aliphatic heterocycles. The van der Waals surface area contributed by atoms with Gasteiger partial charge in [0.25, 0.3) is 0 Å². The van der Waals surface area contributed by atoms with Crippen LogP contribution in [0.4, 0.5) is 11.5 Å². The second-order valence-electron chi connectivity index (χ2n) is 6.48. The Morgan fingerprint density at radius 2 is 2.00 bits per heavy atom. The van der Waals surface area contributed by atoms with Gasteiger partial charge in [-0.2, -0.15) is 5.10 Å². The van der Waals surface area contributed by atoms with E-state index in [2.05, 4.69) is 10.4 Å². The Balaban J connectivity index is 1.73. The van der Waals surface area contributed by atoms with Crippen LogP contribution in [0.15, 0.2) is 30.5 Å². The monoisotopic (exact) mass is 370 g/mol. The number of aryl methyl sites for hydroxylation is 2. The van der Waals surface area contributed by atoms with Crippen LogP contribution in [0.5, 0.6) is 0 Å². The first-order valence-electron chi connectivity index (χ1n) is 8.77. The summed E-state index contributed by atoms with van der Waals surface area (Å²) in [5, 5.41) is 6.73. The molecule has 0 radical (unpaired) electrons. The van der Waals surface area contributed by atoms with E-state index in [9.17, 15) is 14.4 Å². The number of aromatic nitrogens is 2. The van der Waals surface area contributed by atoms with Gasteiger partial charge in [0.15, 0.2) is 0 Å². The van der Waals surface area contributed by atoms with E-state index in [1.54, 1.807) is 18.9 Å². The Bertz CT molecular complexity index is 872. The molecule has 0 saturated carbocycles. The third-order valence-corrected chi connectivity index (χ3v) is 4.52. The van der Waals surface area contributed by atoms with Gasteiger partial charge >= 0.3 is 5.97 Å². The molecule has 1 fully saturated rings. The molecule has 2 aromatic rings. The number of nitrogens with zero attached hydrogens (tertiary/aromatic N) is 3. The molecule has 8 heteroatoms. The first-order chi connectivity index (χ1) is 12.9. The first kappa shape index (κ1) is 18.6. The first-order valence-corrected chi connectivity index (χ1v) is 8.77. The van der Waals surface area contributed by atoms with E-state index in [0.717, 1.165) is 11.3 Å². The van der Waals surface area contributed by atoms with Crippen LogP contribution >= 0.6 is 0 Å². The number of rotatable bonds is 5. The standard InChI is InChI=1S/C19H22N4O4/c1-4-27-19(26)15-10-20-22(3)17(15)21-18(25)13-9-16(24)23(11-13)14-7-5-12(2)6-8-14/h5-8,10,13H,4,9,11H2,1-3H3,(H,21,25). The quantitative estimate of drug-likeness (QED) is 0.812. The third kappa shape index (κ3) is 3.84. The van der Waals surface area contributed by atoms with Crippen molar-refractivity contribution in [1.29, 1.82) is 0 Å². The Morgan fingerprint density at radius 3 is 2.67 bits per heavy atom. The number of ether oxygens (including phenoxy) is 1. The van der Waals surface area contributed by atoms with E-state index in [1.807, 2.05) is 31.2 Å². The highest BCUT2D eigenvalue weighted by atomic mass is 16.5. The van der Waals surface area contributed by atoms with E-state index >= 15 is 0 Å². The van der Waals surface area contributed by atoms with Crippen molar-refractivity contribution in [2.75, 3.05) is 23.4 Å². The molecule has 8 nitrogen and oxygen atoms in total. The number of nitrogens with one attached hydrogen (secondary N) is 1. The zero-order valence-corrected chi connectivity index (χ0v) is 15.6. The van der Waals surface area contributed by atoms with Crippen LogP contribution in [-0.2, 0) is 21.4 Å². The molecule has 0 bridgehead atoms. The molecule has 1 aromatic carbocycles. The zero-order valence-electron chi connectivity index (χ0n) is 15.6. The lowest BCUT2D eigenvalue weighted by atomic mass is 10.1. The molecule has 1 aliphatic rings. The van der Waals surface area contributed by atoms with Crippen LogP contribution in [0.1, 0.15) is 29.3 Å². The summed E-state index contributed by atoms with van der Waals surface area (Å²) >= 11 is 0. The zero-order chi connectivity index (χ0) is 19.6. The van der Waals surface area contributed by atoms with Crippen LogP contribution in [0.2, 0.25) is 0 Å². The van der Waals surface area contributed by atoms with Crippen molar-refractivity contribution in [1.82, 2.24) is 9.78 Å². The van der Waals surface area contributed by atoms with Gasteiger partial charge in [0.1, 0.15) is 11.4 Å². The molecule has 1 aromatic heterocycles. The SMILES string of the molecule is CCOC(=O)c1cnn(C)c1NC(=O)C1CC(=O)N(c2ccc(C)cc2)C1. The fourth-order valence-corrected chi connectivity index (χ4v) is 3.02. The molecule has 3 rings (SSSR count). The number of carbonyl (C=O) groups is 3. The van der Waals surface area contributed by atoms with E-state index < -0.39 is 11.9 Å². The Labute approximate surface area is 157 Å². The van der Waals surface area contributed by atoms with Crippen molar-refractivity contribution in [3.8, 4) is 0 Å². The fourth-order valence-electron chi connectivity index (χ4n) is 3.02. The second-order valence-corrected chi connectivity index (χ2v) is 6.48. The van der Waals surface area contributed by atoms with Gasteiger partial charge in [0.05, 0.1) is 18.7 Å². The molecule has 27 heavy (non-hydrogen) atoms. The molecule has 142 valence electrons. The molecular formula is C19H22N4O4. The number of carbonyl (C=O) groups excluding carboxylic acids is 3. The number of anilines is 2. The van der Waals surface area contributed by atoms with E-state index in [1.165, 1.54) is 10.9 Å². The van der Waals surface area contributed by atoms with E-state index in [0.29, 0.717) is 6.54 Å². The minimum Gasteiger partial charge on any atom is -0.462 e. The van der Waals surface area contributed by atoms with Crippen molar-refractivity contribution in [2.24, 2.45) is 13.0 Å². The third-order valence-electron chi connectivity index (χ3n) is 4.52. The summed E-state index contributed by atoms with van der Waals surface area (Å²) < 4.78 is 6.39. The summed E-state index contributed by atoms with van der Waals surface area (Å²) in [4.78, 5) is 38.7. The average Bonchev–Trinajstić information content (AvgIpc) is 3.19. The summed E-state index contributed by atoms with van der Waals surface area (Å²) in [7, 11) is 1.62. The minimum atomic E-state index is -0.551. The molecule has 1 N–H and O–H groups in total. The molecular weight excluding hydrogens is 348 g/mol. The minimum absolute atomic E-state index is 0.102. The van der Waals surface area contributed by atoms with Crippen LogP contribution in [0, 0.1) is 12.8 Å². The van der Waals surface area contributed by atoms with Crippen molar-refractivity contribution >= 4 is 29.3 Å². The molecule has 1 unspecified atom stereocenters. The maximum absolute atomic E-state index is 12.7. The smallest absolute Gasteiger partial charge is 0.343 e. The van der Waals surface area contributed by atoms with E-state index in [4.69, 9.17) is 4.74 Å². The summed E-state index contributed by atoms with van der Waals surface area (Å²) in [5.74, 6) is -1.23. The molecule has 1 atom stereocenters. The van der Waals surface area contributed by atoms with Gasteiger partial charge in [-0.1, -0.05) is 17.7 Å². The highest BCUT2D eigenvalue weighted by Gasteiger charge is 2.36. The highest BCUT2D eigenvalue weighted by molar-refractivity contribution is 6.05. The average molecular weight is 370 g/mol. The largest absolute Gasteiger partial charge is 0.462 e. The number of benzene rings is 1. The summed E-state index contributed by atoms with van der Waals surface area (Å²) in [6, 6.07) is 7.59. The highest BCUT2D eigenvalue weighted by Crippen LogP contribution is 2.27. The lowest BCUT2D eigenvalue weighted by molar-refractivity contribution is -0.122. The summed E-state index contributed by atoms with van der Waals surface area (Å²) in [5.41, 5.74) is 2.06. The molecule has 2 amide bonds. The maximum atomic E-state index is 12.7. The Hall–Kier alpha value is -3.16. The van der Waals surface area contributed by atoms with Crippen LogP contribution in [0.3, 0.4) is 0 Å². The molecule has 1 saturated heterocycles. The van der Waals surface area contributed by atoms with Crippen LogP contribution in [0.25, 0.3) is 0 Å². The van der Waals surface area contributed by atoms with Crippen molar-refractivity contribution in [3.05, 3.63) is 41.6 Å². The maximum Gasteiger partial charge on any atom is 0.343 e. The molecule has 2 heterocycles. The van der Waals surface area contributed by atoms with Gasteiger partial charge in [-0.05, 0) is 26.0 Å². The van der Waals surface area contributed by atoms with Gasteiger partial charge in [-0.25, -0.2) is 4.79 Å². The lowest BCUT2D eigenvalue weighted by Gasteiger charge is -2.17. The van der Waals surface area contributed by atoms with Crippen molar-refractivity contribution in [2.45, 2.75) is 20.3 Å². The molecule has 0 aliphatic carbocycles. The number of hydrogen-bond acceptors (Lipinski definition) is 5. The normalized spacial score (nSPS) is 16.5. The van der Waals surface area contributed by atoms with Gasteiger partial charge in [0, 0.05) is 25.7 Å². The second kappa shape index (κ2) is 7.61. The number of amides is 2. The predicted molar refractivity (Wildman–Crippen MR) is 99.4 cm³/mol. The lowest BCUT2D eigenvalue weighted by Crippen LogP contribution is -2.29. The summed E-state index contributed by atoms with van der Waals surface area (Å²) in [6.45, 7) is 4.20. The number of esters is 1. The molecule has 0 spiro atoms. The van der Waals surface area contributed by atoms with Gasteiger partial charge in [0.2, 0.25) is 11.8 Å². The Morgan fingerprint density at radius 1 is 1.30 bits per heavy atom. The van der Waals surface area contributed by atoms with E-state index in [-0.39, 0.29) is 36.2 Å². The van der Waals surface area contributed by atoms with Gasteiger partial charge in [-0.15, -0.1) is 0 Å². The van der Waals surface area contributed by atoms with Crippen LogP contribution < -0.4 is 10.2 Å². The topological polar surface area (TPSA) is 93.5 Å². The van der Waals surface area contributed by atoms with Gasteiger partial charge < -0.3 is 15.0 Å². The number of hydrogen-bond donors (Lipinski definition) is 1. The van der Waals surface area contributed by atoms with Crippen LogP contribution in [-0.4, -0.2) is 40.7 Å². The summed E-state index contributed by atoms with van der Waals surface area (Å²) in [6.07, 6.45) is 1.47. The van der Waals surface area contributed by atoms with Crippen molar-refractivity contribution < 1.29 is 19.1 Å². The fraction of sp³-hybridized carbons (Fsp3) is 0.368.